The van der Waals surface area contributed by atoms with Crippen LogP contribution < -0.4 is 10.6 Å². The first-order valence-electron chi connectivity index (χ1n) is 10.9. The summed E-state index contributed by atoms with van der Waals surface area (Å²) in [6.07, 6.45) is -0.731. The van der Waals surface area contributed by atoms with E-state index >= 15 is 0 Å². The van der Waals surface area contributed by atoms with E-state index in [9.17, 15) is 19.2 Å². The lowest BCUT2D eigenvalue weighted by Crippen LogP contribution is -2.54. The van der Waals surface area contributed by atoms with Crippen LogP contribution in [0.25, 0.3) is 0 Å². The van der Waals surface area contributed by atoms with Gasteiger partial charge in [0.2, 0.25) is 11.8 Å². The number of hydrogen-bond acceptors (Lipinski definition) is 6. The van der Waals surface area contributed by atoms with Crippen molar-refractivity contribution in [2.24, 2.45) is 0 Å². The number of carbonyl (C=O) groups is 4. The van der Waals surface area contributed by atoms with Crippen molar-refractivity contribution in [3.05, 3.63) is 34.9 Å². The number of carbonyl (C=O) groups excluding carboxylic acids is 4. The summed E-state index contributed by atoms with van der Waals surface area (Å²) >= 11 is 0. The van der Waals surface area contributed by atoms with Gasteiger partial charge in [0.25, 0.3) is 0 Å². The highest BCUT2D eigenvalue weighted by molar-refractivity contribution is 5.93. The lowest BCUT2D eigenvalue weighted by atomic mass is 9.95. The second kappa shape index (κ2) is 11.7. The van der Waals surface area contributed by atoms with Gasteiger partial charge in [-0.05, 0) is 66.5 Å². The summed E-state index contributed by atoms with van der Waals surface area (Å²) < 4.78 is 9.86. The molecule has 3 amide bonds. The fourth-order valence-electron chi connectivity index (χ4n) is 3.33. The van der Waals surface area contributed by atoms with Crippen molar-refractivity contribution in [2.75, 3.05) is 13.7 Å². The van der Waals surface area contributed by atoms with Crippen molar-refractivity contribution >= 4 is 23.9 Å². The predicted octanol–water partition coefficient (Wildman–Crippen LogP) is 2.78. The third kappa shape index (κ3) is 8.40. The fraction of sp³-hybridized carbons (Fsp3) is 0.583. The van der Waals surface area contributed by atoms with E-state index in [0.29, 0.717) is 5.56 Å². The maximum atomic E-state index is 13.5. The van der Waals surface area contributed by atoms with Crippen LogP contribution in [0, 0.1) is 13.8 Å². The zero-order valence-electron chi connectivity index (χ0n) is 21.1. The van der Waals surface area contributed by atoms with E-state index < -0.39 is 47.6 Å². The Kier molecular flexibility index (Phi) is 9.88. The lowest BCUT2D eigenvalue weighted by molar-refractivity contribution is -0.146. The molecule has 2 unspecified atom stereocenters. The number of nitrogens with zero attached hydrogens (tertiary/aromatic N) is 1. The second-order valence-corrected chi connectivity index (χ2v) is 9.26. The summed E-state index contributed by atoms with van der Waals surface area (Å²) in [5, 5.41) is 5.10. The Hall–Kier alpha value is -3.10. The van der Waals surface area contributed by atoms with Gasteiger partial charge >= 0.3 is 12.1 Å². The minimum Gasteiger partial charge on any atom is -0.468 e. The third-order valence-corrected chi connectivity index (χ3v) is 4.80. The summed E-state index contributed by atoms with van der Waals surface area (Å²) in [5.74, 6) is -1.60. The van der Waals surface area contributed by atoms with Gasteiger partial charge in [0, 0.05) is 6.04 Å². The van der Waals surface area contributed by atoms with Crippen molar-refractivity contribution in [3.8, 4) is 0 Å². The molecule has 0 saturated heterocycles. The number of nitrogens with one attached hydrogen (secondary N) is 2. The number of benzene rings is 1. The van der Waals surface area contributed by atoms with Crippen LogP contribution >= 0.6 is 0 Å². The number of rotatable bonds is 8. The van der Waals surface area contributed by atoms with Gasteiger partial charge in [-0.25, -0.2) is 4.79 Å². The molecule has 0 spiro atoms. The average Bonchev–Trinajstić information content (AvgIpc) is 2.68. The molecule has 0 aliphatic heterocycles. The summed E-state index contributed by atoms with van der Waals surface area (Å²) in [4.78, 5) is 51.9. The maximum Gasteiger partial charge on any atom is 0.408 e. The van der Waals surface area contributed by atoms with Gasteiger partial charge in [0.05, 0.1) is 7.11 Å². The molecule has 0 radical (unpaired) electrons. The lowest BCUT2D eigenvalue weighted by Gasteiger charge is -2.37. The molecule has 184 valence electrons. The van der Waals surface area contributed by atoms with Crippen LogP contribution in [0.4, 0.5) is 4.79 Å². The molecule has 0 aliphatic carbocycles. The van der Waals surface area contributed by atoms with E-state index in [2.05, 4.69) is 15.4 Å². The van der Waals surface area contributed by atoms with Crippen LogP contribution in [0.3, 0.4) is 0 Å². The van der Waals surface area contributed by atoms with Crippen LogP contribution in [0.15, 0.2) is 18.2 Å². The van der Waals surface area contributed by atoms with E-state index in [0.717, 1.165) is 11.1 Å². The van der Waals surface area contributed by atoms with E-state index in [1.165, 1.54) is 18.9 Å². The first kappa shape index (κ1) is 27.9. The summed E-state index contributed by atoms with van der Waals surface area (Å²) in [7, 11) is 1.23. The summed E-state index contributed by atoms with van der Waals surface area (Å²) in [6, 6.07) is 3.20. The Morgan fingerprint density at radius 3 is 2.15 bits per heavy atom. The normalized spacial score (nSPS) is 13.0. The molecular formula is C24H37N3O6. The number of amides is 3. The highest BCUT2D eigenvalue weighted by atomic mass is 16.6. The molecule has 1 rings (SSSR count). The number of methoxy groups -OCH3 is 1. The Labute approximate surface area is 196 Å². The molecule has 2 N–H and O–H groups in total. The molecule has 2 atom stereocenters. The fourth-order valence-corrected chi connectivity index (χ4v) is 3.33. The molecule has 0 bridgehead atoms. The summed E-state index contributed by atoms with van der Waals surface area (Å²) in [6.45, 7) is 13.7. The predicted molar refractivity (Wildman–Crippen MR) is 124 cm³/mol. The average molecular weight is 464 g/mol. The van der Waals surface area contributed by atoms with Crippen molar-refractivity contribution in [1.82, 2.24) is 15.5 Å². The Bertz CT molecular complexity index is 875. The molecule has 1 aromatic rings. The Balaban J connectivity index is 3.34. The molecule has 9 heteroatoms. The molecular weight excluding hydrogens is 426 g/mol. The smallest absolute Gasteiger partial charge is 0.408 e. The van der Waals surface area contributed by atoms with Crippen LogP contribution in [-0.4, -0.2) is 60.1 Å². The zero-order chi connectivity index (χ0) is 25.5. The number of hydrogen-bond donors (Lipinski definition) is 2. The number of alkyl carbamates (subject to hydrolysis) is 1. The van der Waals surface area contributed by atoms with Crippen LogP contribution in [0.5, 0.6) is 0 Å². The SMILES string of the molecule is COC(=O)CNC(=O)C(c1ccc(C)cc1C)N(C(=O)C(C)NC(=O)OC(C)(C)C)C(C)C. The first-order chi connectivity index (χ1) is 15.2. The minimum absolute atomic E-state index is 0.331. The highest BCUT2D eigenvalue weighted by Crippen LogP contribution is 2.28. The van der Waals surface area contributed by atoms with E-state index in [1.807, 2.05) is 26.0 Å². The van der Waals surface area contributed by atoms with Gasteiger partial charge in [-0.15, -0.1) is 0 Å². The standard InChI is InChI=1S/C24H37N3O6/c1-14(2)27(22(30)17(5)26-23(31)33-24(6,7)8)20(21(29)25-13-19(28)32-9)18-11-10-15(3)12-16(18)4/h10-12,14,17,20H,13H2,1-9H3,(H,25,29)(H,26,31). The monoisotopic (exact) mass is 463 g/mol. The number of esters is 1. The second-order valence-electron chi connectivity index (χ2n) is 9.26. The van der Waals surface area contributed by atoms with E-state index in [4.69, 9.17) is 4.74 Å². The van der Waals surface area contributed by atoms with Gasteiger partial charge in [-0.3, -0.25) is 14.4 Å². The van der Waals surface area contributed by atoms with E-state index in [1.54, 1.807) is 40.7 Å². The Morgan fingerprint density at radius 1 is 1.06 bits per heavy atom. The number of aryl methyl sites for hydroxylation is 2. The van der Waals surface area contributed by atoms with Gasteiger partial charge in [0.15, 0.2) is 0 Å². The van der Waals surface area contributed by atoms with Crippen molar-refractivity contribution < 1.29 is 28.7 Å². The largest absolute Gasteiger partial charge is 0.468 e. The topological polar surface area (TPSA) is 114 Å². The molecule has 9 nitrogen and oxygen atoms in total. The van der Waals surface area contributed by atoms with Crippen LogP contribution in [-0.2, 0) is 23.9 Å². The van der Waals surface area contributed by atoms with Crippen molar-refractivity contribution in [1.29, 1.82) is 0 Å². The van der Waals surface area contributed by atoms with Crippen LogP contribution in [0.2, 0.25) is 0 Å². The summed E-state index contributed by atoms with van der Waals surface area (Å²) in [5.41, 5.74) is 1.72. The maximum absolute atomic E-state index is 13.5. The molecule has 0 fully saturated rings. The third-order valence-electron chi connectivity index (χ3n) is 4.80. The molecule has 1 aromatic carbocycles. The molecule has 0 aliphatic rings. The van der Waals surface area contributed by atoms with Gasteiger partial charge in [-0.2, -0.15) is 0 Å². The van der Waals surface area contributed by atoms with Crippen LogP contribution in [0.1, 0.15) is 64.3 Å². The first-order valence-corrected chi connectivity index (χ1v) is 10.9. The van der Waals surface area contributed by atoms with Crippen molar-refractivity contribution in [2.45, 2.75) is 79.1 Å². The molecule has 0 aromatic heterocycles. The molecule has 0 saturated carbocycles. The Morgan fingerprint density at radius 2 is 1.67 bits per heavy atom. The van der Waals surface area contributed by atoms with E-state index in [-0.39, 0.29) is 6.54 Å². The van der Waals surface area contributed by atoms with Gasteiger partial charge < -0.3 is 25.0 Å². The van der Waals surface area contributed by atoms with Gasteiger partial charge in [-0.1, -0.05) is 23.8 Å². The zero-order valence-corrected chi connectivity index (χ0v) is 21.1. The van der Waals surface area contributed by atoms with Gasteiger partial charge in [0.1, 0.15) is 24.2 Å². The molecule has 33 heavy (non-hydrogen) atoms. The number of ether oxygens (including phenoxy) is 2. The minimum atomic E-state index is -1.02. The van der Waals surface area contributed by atoms with Crippen molar-refractivity contribution in [3.63, 3.8) is 0 Å². The quantitative estimate of drug-likeness (QED) is 0.573. The highest BCUT2D eigenvalue weighted by Gasteiger charge is 2.37. The molecule has 0 heterocycles.